The minimum Gasteiger partial charge on any atom is -0.333 e. The van der Waals surface area contributed by atoms with Gasteiger partial charge >= 0.3 is 0 Å². The number of amides is 2. The third kappa shape index (κ3) is 6.18. The molecular formula is C32H34FN5O2. The molecule has 2 amide bonds. The summed E-state index contributed by atoms with van der Waals surface area (Å²) in [6.45, 7) is 8.83. The number of fused-ring (bicyclic) bond motifs is 2. The van der Waals surface area contributed by atoms with E-state index >= 15 is 0 Å². The van der Waals surface area contributed by atoms with Gasteiger partial charge in [0.2, 0.25) is 5.91 Å². The monoisotopic (exact) mass is 539 g/mol. The van der Waals surface area contributed by atoms with E-state index in [1.165, 1.54) is 12.1 Å². The number of aryl methyl sites for hydroxylation is 2. The molecule has 2 heterocycles. The number of benzene rings is 3. The molecule has 8 heteroatoms. The zero-order valence-electron chi connectivity index (χ0n) is 23.2. The molecule has 0 saturated heterocycles. The highest BCUT2D eigenvalue weighted by Gasteiger charge is 2.23. The van der Waals surface area contributed by atoms with Gasteiger partial charge in [0.1, 0.15) is 5.82 Å². The second-order valence-electron chi connectivity index (χ2n) is 10.4. The summed E-state index contributed by atoms with van der Waals surface area (Å²) in [5.41, 5.74) is 6.44. The van der Waals surface area contributed by atoms with Crippen LogP contribution in [-0.2, 0) is 17.9 Å². The molecule has 0 aliphatic carbocycles. The van der Waals surface area contributed by atoms with Crippen LogP contribution >= 0.6 is 0 Å². The molecule has 0 fully saturated rings. The summed E-state index contributed by atoms with van der Waals surface area (Å²) in [5.74, 6) is -0.404. The van der Waals surface area contributed by atoms with E-state index < -0.39 is 0 Å². The van der Waals surface area contributed by atoms with Gasteiger partial charge in [-0.1, -0.05) is 30.3 Å². The Balaban J connectivity index is 1.49. The number of aromatic nitrogens is 2. The Morgan fingerprint density at radius 1 is 0.850 bits per heavy atom. The quantitative estimate of drug-likeness (QED) is 0.354. The first-order chi connectivity index (χ1) is 19.3. The fourth-order valence-corrected chi connectivity index (χ4v) is 5.19. The van der Waals surface area contributed by atoms with Crippen molar-refractivity contribution in [3.8, 4) is 0 Å². The number of rotatable bonds is 3. The average Bonchev–Trinajstić information content (AvgIpc) is 2.97. The van der Waals surface area contributed by atoms with Crippen molar-refractivity contribution >= 4 is 28.5 Å². The van der Waals surface area contributed by atoms with Gasteiger partial charge in [-0.05, 0) is 67.8 Å². The van der Waals surface area contributed by atoms with Crippen LogP contribution in [0.3, 0.4) is 0 Å². The molecule has 0 spiro atoms. The average molecular weight is 540 g/mol. The van der Waals surface area contributed by atoms with Gasteiger partial charge in [-0.2, -0.15) is 0 Å². The molecule has 5 rings (SSSR count). The molecule has 4 aromatic rings. The minimum atomic E-state index is -0.266. The predicted molar refractivity (Wildman–Crippen MR) is 155 cm³/mol. The molecule has 0 saturated carbocycles. The number of carbonyl (C=O) groups excluding carboxylic acids is 2. The molecule has 3 aromatic carbocycles. The van der Waals surface area contributed by atoms with Gasteiger partial charge < -0.3 is 9.80 Å². The summed E-state index contributed by atoms with van der Waals surface area (Å²) in [7, 11) is 0. The van der Waals surface area contributed by atoms with E-state index in [4.69, 9.17) is 0 Å². The molecule has 0 atom stereocenters. The molecule has 0 radical (unpaired) electrons. The topological polar surface area (TPSA) is 69.6 Å². The molecule has 1 aromatic heterocycles. The molecule has 7 nitrogen and oxygen atoms in total. The fourth-order valence-electron chi connectivity index (χ4n) is 5.19. The van der Waals surface area contributed by atoms with Crippen molar-refractivity contribution in [2.45, 2.75) is 40.3 Å². The molecule has 1 aliphatic rings. The van der Waals surface area contributed by atoms with Gasteiger partial charge in [0, 0.05) is 57.4 Å². The lowest BCUT2D eigenvalue weighted by Crippen LogP contribution is -2.38. The van der Waals surface area contributed by atoms with Crippen molar-refractivity contribution in [3.05, 3.63) is 101 Å². The molecule has 1 aliphatic heterocycles. The van der Waals surface area contributed by atoms with Crippen molar-refractivity contribution in [2.24, 2.45) is 0 Å². The number of carbonyl (C=O) groups is 2. The highest BCUT2D eigenvalue weighted by Crippen LogP contribution is 2.25. The predicted octanol–water partition coefficient (Wildman–Crippen LogP) is 5.29. The molecule has 0 unspecified atom stereocenters. The van der Waals surface area contributed by atoms with Crippen LogP contribution in [0.25, 0.3) is 11.0 Å². The molecule has 0 bridgehead atoms. The van der Waals surface area contributed by atoms with E-state index in [1.54, 1.807) is 24.0 Å². The number of para-hydroxylation sites is 1. The highest BCUT2D eigenvalue weighted by atomic mass is 19.1. The Kier molecular flexibility index (Phi) is 8.16. The van der Waals surface area contributed by atoms with Gasteiger partial charge in [-0.3, -0.25) is 14.5 Å². The lowest BCUT2D eigenvalue weighted by molar-refractivity contribution is -0.116. The normalized spacial score (nSPS) is 15.0. The second kappa shape index (κ2) is 11.9. The Morgan fingerprint density at radius 2 is 1.57 bits per heavy atom. The SMILES string of the molecule is CC(=O)N1CCCN(Cc2ccc(F)cc2)CCN(C(=O)c2ccc3nc(C)c(C)nc3c2)Cc2ccccc21. The molecule has 0 N–H and O–H groups in total. The lowest BCUT2D eigenvalue weighted by atomic mass is 10.1. The highest BCUT2D eigenvalue weighted by molar-refractivity contribution is 5.97. The maximum atomic E-state index is 14.0. The largest absolute Gasteiger partial charge is 0.333 e. The Hall–Kier alpha value is -4.17. The van der Waals surface area contributed by atoms with E-state index in [0.717, 1.165) is 46.7 Å². The van der Waals surface area contributed by atoms with E-state index in [0.29, 0.717) is 43.8 Å². The van der Waals surface area contributed by atoms with E-state index in [2.05, 4.69) is 14.9 Å². The lowest BCUT2D eigenvalue weighted by Gasteiger charge is -2.28. The van der Waals surface area contributed by atoms with Gasteiger partial charge in [0.15, 0.2) is 0 Å². The van der Waals surface area contributed by atoms with Crippen molar-refractivity contribution in [3.63, 3.8) is 0 Å². The standard InChI is InChI=1S/C32H34FN5O2/c1-22-23(2)35-30-19-26(11-14-29(30)34-22)32(40)37-18-17-36(20-25-9-12-28(33)13-10-25)15-6-16-38(24(3)39)31-8-5-4-7-27(31)21-37/h4-5,7-14,19H,6,15-18,20-21H2,1-3H3. The van der Waals surface area contributed by atoms with Crippen LogP contribution in [0.2, 0.25) is 0 Å². The number of nitrogens with zero attached hydrogens (tertiary/aromatic N) is 5. The van der Waals surface area contributed by atoms with Gasteiger partial charge in [0.05, 0.1) is 22.4 Å². The van der Waals surface area contributed by atoms with Crippen molar-refractivity contribution in [1.29, 1.82) is 0 Å². The van der Waals surface area contributed by atoms with Crippen LogP contribution in [0, 0.1) is 19.7 Å². The summed E-state index contributed by atoms with van der Waals surface area (Å²) < 4.78 is 13.5. The second-order valence-corrected chi connectivity index (χ2v) is 10.4. The summed E-state index contributed by atoms with van der Waals surface area (Å²) in [4.78, 5) is 41.9. The molecule has 40 heavy (non-hydrogen) atoms. The third-order valence-corrected chi connectivity index (χ3v) is 7.49. The Bertz CT molecular complexity index is 1540. The van der Waals surface area contributed by atoms with E-state index in [-0.39, 0.29) is 17.6 Å². The number of anilines is 1. The maximum absolute atomic E-state index is 14.0. The van der Waals surface area contributed by atoms with Gasteiger partial charge in [0.25, 0.3) is 5.91 Å². The van der Waals surface area contributed by atoms with Gasteiger partial charge in [-0.15, -0.1) is 0 Å². The maximum Gasteiger partial charge on any atom is 0.254 e. The minimum absolute atomic E-state index is 0.0339. The van der Waals surface area contributed by atoms with Crippen LogP contribution in [0.4, 0.5) is 10.1 Å². The van der Waals surface area contributed by atoms with Crippen LogP contribution in [0.1, 0.15) is 46.2 Å². The first-order valence-corrected chi connectivity index (χ1v) is 13.7. The third-order valence-electron chi connectivity index (χ3n) is 7.49. The van der Waals surface area contributed by atoms with Crippen molar-refractivity contribution in [1.82, 2.24) is 19.8 Å². The van der Waals surface area contributed by atoms with Crippen LogP contribution in [0.15, 0.2) is 66.7 Å². The summed E-state index contributed by atoms with van der Waals surface area (Å²) in [5, 5.41) is 0. The molecule has 206 valence electrons. The van der Waals surface area contributed by atoms with Crippen LogP contribution in [0.5, 0.6) is 0 Å². The summed E-state index contributed by atoms with van der Waals surface area (Å²) in [6.07, 6.45) is 0.769. The van der Waals surface area contributed by atoms with Crippen LogP contribution < -0.4 is 4.90 Å². The molecular weight excluding hydrogens is 505 g/mol. The summed E-state index contributed by atoms with van der Waals surface area (Å²) in [6, 6.07) is 19.8. The van der Waals surface area contributed by atoms with Crippen molar-refractivity contribution in [2.75, 3.05) is 31.1 Å². The first kappa shape index (κ1) is 27.4. The first-order valence-electron chi connectivity index (χ1n) is 13.7. The zero-order valence-corrected chi connectivity index (χ0v) is 23.2. The van der Waals surface area contributed by atoms with Crippen molar-refractivity contribution < 1.29 is 14.0 Å². The number of halogens is 1. The Labute approximate surface area is 234 Å². The fraction of sp³-hybridized carbons (Fsp3) is 0.312. The smallest absolute Gasteiger partial charge is 0.254 e. The zero-order chi connectivity index (χ0) is 28.2. The van der Waals surface area contributed by atoms with E-state index in [1.807, 2.05) is 61.2 Å². The number of hydrogen-bond donors (Lipinski definition) is 0. The number of hydrogen-bond acceptors (Lipinski definition) is 5. The van der Waals surface area contributed by atoms with Crippen LogP contribution in [-0.4, -0.2) is 57.8 Å². The Morgan fingerprint density at radius 3 is 2.33 bits per heavy atom. The summed E-state index contributed by atoms with van der Waals surface area (Å²) >= 11 is 0. The van der Waals surface area contributed by atoms with E-state index in [9.17, 15) is 14.0 Å². The van der Waals surface area contributed by atoms with Gasteiger partial charge in [-0.25, -0.2) is 14.4 Å².